The lowest BCUT2D eigenvalue weighted by Gasteiger charge is -2.16. The first-order valence-electron chi connectivity index (χ1n) is 9.00. The number of benzene rings is 2. The van der Waals surface area contributed by atoms with Crippen molar-refractivity contribution in [1.29, 1.82) is 0 Å². The Balaban J connectivity index is 0.00000392. The van der Waals surface area contributed by atoms with Gasteiger partial charge in [0.1, 0.15) is 0 Å². The molecule has 1 unspecified atom stereocenters. The van der Waals surface area contributed by atoms with E-state index >= 15 is 0 Å². The molecule has 2 aromatic rings. The molecular formula is C20H29IN4O2S. The van der Waals surface area contributed by atoms with Crippen LogP contribution in [0.5, 0.6) is 0 Å². The van der Waals surface area contributed by atoms with E-state index in [9.17, 15) is 8.42 Å². The zero-order chi connectivity index (χ0) is 19.9. The van der Waals surface area contributed by atoms with Crippen LogP contribution >= 0.6 is 24.0 Å². The Bertz CT molecular complexity index is 866. The topological polar surface area (TPSA) is 96.6 Å². The normalized spacial score (nSPS) is 12.8. The molecule has 8 heteroatoms. The minimum absolute atomic E-state index is 0. The standard InChI is InChI=1S/C20H28N4O2S.HI/c1-4-22-20(23-13-16(3)18-9-5-15(2)6-10-18)24-14-17-7-11-19(12-8-17)27(21,25)26;/h5-12,16H,4,13-14H2,1-3H3,(H2,21,25,26)(H2,22,23,24);1H. The summed E-state index contributed by atoms with van der Waals surface area (Å²) in [6, 6.07) is 15.0. The van der Waals surface area contributed by atoms with E-state index in [1.54, 1.807) is 12.1 Å². The van der Waals surface area contributed by atoms with Crippen LogP contribution in [0.2, 0.25) is 0 Å². The molecule has 4 N–H and O–H groups in total. The van der Waals surface area contributed by atoms with Crippen molar-refractivity contribution >= 4 is 40.0 Å². The van der Waals surface area contributed by atoms with Crippen molar-refractivity contribution in [1.82, 2.24) is 10.6 Å². The lowest BCUT2D eigenvalue weighted by Crippen LogP contribution is -2.39. The molecule has 0 spiro atoms. The predicted octanol–water partition coefficient (Wildman–Crippen LogP) is 3.12. The molecule has 6 nitrogen and oxygen atoms in total. The number of hydrogen-bond acceptors (Lipinski definition) is 3. The van der Waals surface area contributed by atoms with Crippen LogP contribution in [-0.2, 0) is 16.6 Å². The summed E-state index contributed by atoms with van der Waals surface area (Å²) in [6.45, 7) is 8.24. The minimum Gasteiger partial charge on any atom is -0.357 e. The van der Waals surface area contributed by atoms with E-state index in [-0.39, 0.29) is 28.9 Å². The van der Waals surface area contributed by atoms with Crippen LogP contribution in [-0.4, -0.2) is 27.5 Å². The highest BCUT2D eigenvalue weighted by atomic mass is 127. The molecule has 0 aliphatic carbocycles. The number of aliphatic imine (C=N–C) groups is 1. The average Bonchev–Trinajstić information content (AvgIpc) is 2.64. The van der Waals surface area contributed by atoms with Crippen molar-refractivity contribution in [3.63, 3.8) is 0 Å². The van der Waals surface area contributed by atoms with Crippen LogP contribution in [0, 0.1) is 6.92 Å². The number of rotatable bonds is 7. The molecule has 0 amide bonds. The first-order chi connectivity index (χ1) is 12.8. The van der Waals surface area contributed by atoms with E-state index in [1.165, 1.54) is 23.3 Å². The Kier molecular flexibility index (Phi) is 9.91. The van der Waals surface area contributed by atoms with Crippen molar-refractivity contribution in [3.05, 3.63) is 65.2 Å². The Hall–Kier alpha value is -1.65. The molecule has 1 atom stereocenters. The van der Waals surface area contributed by atoms with E-state index in [0.717, 1.165) is 24.6 Å². The largest absolute Gasteiger partial charge is 0.357 e. The number of nitrogens with one attached hydrogen (secondary N) is 2. The molecule has 0 aliphatic heterocycles. The number of nitrogens with zero attached hydrogens (tertiary/aromatic N) is 1. The van der Waals surface area contributed by atoms with Gasteiger partial charge in [0.25, 0.3) is 0 Å². The smallest absolute Gasteiger partial charge is 0.238 e. The molecule has 0 saturated heterocycles. The number of guanidine groups is 1. The predicted molar refractivity (Wildman–Crippen MR) is 126 cm³/mol. The van der Waals surface area contributed by atoms with E-state index in [0.29, 0.717) is 12.5 Å². The highest BCUT2D eigenvalue weighted by Gasteiger charge is 2.08. The first kappa shape index (κ1) is 24.4. The molecule has 154 valence electrons. The van der Waals surface area contributed by atoms with Crippen molar-refractivity contribution in [2.24, 2.45) is 10.1 Å². The van der Waals surface area contributed by atoms with E-state index in [4.69, 9.17) is 5.14 Å². The number of hydrogen-bond donors (Lipinski definition) is 3. The molecule has 2 aromatic carbocycles. The van der Waals surface area contributed by atoms with Gasteiger partial charge in [0.15, 0.2) is 5.96 Å². The fraction of sp³-hybridized carbons (Fsp3) is 0.350. The number of halogens is 1. The molecule has 0 saturated carbocycles. The lowest BCUT2D eigenvalue weighted by molar-refractivity contribution is 0.598. The summed E-state index contributed by atoms with van der Waals surface area (Å²) >= 11 is 0. The maximum absolute atomic E-state index is 11.3. The second kappa shape index (κ2) is 11.4. The quantitative estimate of drug-likeness (QED) is 0.299. The SMILES string of the molecule is CCNC(=NCc1ccc(S(N)(=O)=O)cc1)NCC(C)c1ccc(C)cc1.I. The molecule has 0 heterocycles. The first-order valence-corrected chi connectivity index (χ1v) is 10.5. The molecule has 0 aromatic heterocycles. The Labute approximate surface area is 185 Å². The number of primary sulfonamides is 1. The highest BCUT2D eigenvalue weighted by Crippen LogP contribution is 2.15. The zero-order valence-electron chi connectivity index (χ0n) is 16.5. The van der Waals surface area contributed by atoms with Gasteiger partial charge in [-0.05, 0) is 43.0 Å². The highest BCUT2D eigenvalue weighted by molar-refractivity contribution is 14.0. The van der Waals surface area contributed by atoms with Crippen LogP contribution in [0.15, 0.2) is 58.4 Å². The zero-order valence-corrected chi connectivity index (χ0v) is 19.6. The van der Waals surface area contributed by atoms with E-state index in [1.807, 2.05) is 6.92 Å². The summed E-state index contributed by atoms with van der Waals surface area (Å²) in [4.78, 5) is 4.67. The van der Waals surface area contributed by atoms with Crippen LogP contribution in [0.4, 0.5) is 0 Å². The van der Waals surface area contributed by atoms with Crippen LogP contribution in [0.3, 0.4) is 0 Å². The second-order valence-electron chi connectivity index (χ2n) is 6.58. The molecule has 0 fully saturated rings. The number of aryl methyl sites for hydroxylation is 1. The van der Waals surface area contributed by atoms with Crippen molar-refractivity contribution in [3.8, 4) is 0 Å². The van der Waals surface area contributed by atoms with Crippen molar-refractivity contribution in [2.75, 3.05) is 13.1 Å². The monoisotopic (exact) mass is 516 g/mol. The summed E-state index contributed by atoms with van der Waals surface area (Å²) < 4.78 is 22.6. The Morgan fingerprint density at radius 2 is 1.68 bits per heavy atom. The molecule has 28 heavy (non-hydrogen) atoms. The third-order valence-corrected chi connectivity index (χ3v) is 5.17. The Morgan fingerprint density at radius 1 is 1.07 bits per heavy atom. The van der Waals surface area contributed by atoms with Gasteiger partial charge in [-0.2, -0.15) is 0 Å². The summed E-state index contributed by atoms with van der Waals surface area (Å²) in [5.74, 6) is 1.08. The van der Waals surface area contributed by atoms with Crippen LogP contribution in [0.25, 0.3) is 0 Å². The van der Waals surface area contributed by atoms with E-state index < -0.39 is 10.0 Å². The third-order valence-electron chi connectivity index (χ3n) is 4.24. The Morgan fingerprint density at radius 3 is 2.21 bits per heavy atom. The van der Waals surface area contributed by atoms with Gasteiger partial charge in [-0.3, -0.25) is 0 Å². The maximum Gasteiger partial charge on any atom is 0.238 e. The molecule has 2 rings (SSSR count). The summed E-state index contributed by atoms with van der Waals surface area (Å²) in [7, 11) is -3.67. The average molecular weight is 516 g/mol. The minimum atomic E-state index is -3.67. The molecule has 0 radical (unpaired) electrons. The van der Waals surface area contributed by atoms with Gasteiger partial charge in [-0.25, -0.2) is 18.5 Å². The third kappa shape index (κ3) is 7.76. The second-order valence-corrected chi connectivity index (χ2v) is 8.14. The fourth-order valence-electron chi connectivity index (χ4n) is 2.56. The number of sulfonamides is 1. The van der Waals surface area contributed by atoms with Crippen LogP contribution in [0.1, 0.15) is 36.5 Å². The van der Waals surface area contributed by atoms with Gasteiger partial charge in [0.05, 0.1) is 11.4 Å². The van der Waals surface area contributed by atoms with Crippen molar-refractivity contribution in [2.45, 2.75) is 38.1 Å². The summed E-state index contributed by atoms with van der Waals surface area (Å²) in [6.07, 6.45) is 0. The van der Waals surface area contributed by atoms with Gasteiger partial charge in [0, 0.05) is 13.1 Å². The van der Waals surface area contributed by atoms with Gasteiger partial charge < -0.3 is 10.6 Å². The van der Waals surface area contributed by atoms with Gasteiger partial charge in [-0.15, -0.1) is 24.0 Å². The van der Waals surface area contributed by atoms with Gasteiger partial charge in [0.2, 0.25) is 10.0 Å². The van der Waals surface area contributed by atoms with Gasteiger partial charge >= 0.3 is 0 Å². The van der Waals surface area contributed by atoms with Gasteiger partial charge in [-0.1, -0.05) is 48.9 Å². The maximum atomic E-state index is 11.3. The summed E-state index contributed by atoms with van der Waals surface area (Å²) in [5, 5.41) is 11.7. The number of nitrogens with two attached hydrogens (primary N) is 1. The van der Waals surface area contributed by atoms with Crippen LogP contribution < -0.4 is 15.8 Å². The summed E-state index contributed by atoms with van der Waals surface area (Å²) in [5.41, 5.74) is 3.44. The van der Waals surface area contributed by atoms with E-state index in [2.05, 4.69) is 53.7 Å². The molecule has 0 aliphatic rings. The molecular weight excluding hydrogens is 487 g/mol. The fourth-order valence-corrected chi connectivity index (χ4v) is 3.07. The molecule has 0 bridgehead atoms. The lowest BCUT2D eigenvalue weighted by atomic mass is 10.0. The van der Waals surface area contributed by atoms with Crippen molar-refractivity contribution < 1.29 is 8.42 Å².